The Morgan fingerprint density at radius 3 is 3.08 bits per heavy atom. The van der Waals surface area contributed by atoms with Crippen LogP contribution in [0.4, 0.5) is 0 Å². The SMILES string of the molecule is O=C(O)C=CC1=CC2OC2C=C1. The van der Waals surface area contributed by atoms with Crippen LogP contribution in [0.3, 0.4) is 0 Å². The molecule has 0 aromatic heterocycles. The molecule has 1 N–H and O–H groups in total. The van der Waals surface area contributed by atoms with Crippen molar-refractivity contribution in [2.45, 2.75) is 12.2 Å². The van der Waals surface area contributed by atoms with Gasteiger partial charge in [-0.25, -0.2) is 4.79 Å². The van der Waals surface area contributed by atoms with Crippen LogP contribution in [0, 0.1) is 0 Å². The van der Waals surface area contributed by atoms with Gasteiger partial charge in [-0.15, -0.1) is 0 Å². The van der Waals surface area contributed by atoms with Gasteiger partial charge in [-0.05, 0) is 17.7 Å². The number of ether oxygens (including phenoxy) is 1. The van der Waals surface area contributed by atoms with Crippen LogP contribution in [0.25, 0.3) is 0 Å². The molecule has 0 aromatic carbocycles. The Hall–Kier alpha value is -1.35. The fraction of sp³-hybridized carbons (Fsp3) is 0.222. The van der Waals surface area contributed by atoms with Gasteiger partial charge in [0, 0.05) is 6.08 Å². The van der Waals surface area contributed by atoms with E-state index < -0.39 is 5.97 Å². The molecule has 0 radical (unpaired) electrons. The molecule has 1 fully saturated rings. The van der Waals surface area contributed by atoms with E-state index in [1.165, 1.54) is 0 Å². The molecule has 1 saturated heterocycles. The molecular formula is C9H8O3. The fourth-order valence-electron chi connectivity index (χ4n) is 1.15. The lowest BCUT2D eigenvalue weighted by molar-refractivity contribution is -0.131. The maximum absolute atomic E-state index is 10.2. The van der Waals surface area contributed by atoms with E-state index in [0.717, 1.165) is 11.6 Å². The first-order chi connectivity index (χ1) is 5.75. The summed E-state index contributed by atoms with van der Waals surface area (Å²) in [5.74, 6) is -0.928. The molecule has 62 valence electrons. The normalized spacial score (nSPS) is 31.5. The summed E-state index contributed by atoms with van der Waals surface area (Å²) < 4.78 is 5.17. The summed E-state index contributed by atoms with van der Waals surface area (Å²) in [4.78, 5) is 10.2. The standard InChI is InChI=1S/C9H8O3/c10-9(11)4-2-6-1-3-7-8(5-6)12-7/h1-5,7-8H,(H,10,11). The number of hydrogen-bond acceptors (Lipinski definition) is 2. The summed E-state index contributed by atoms with van der Waals surface area (Å²) in [6.45, 7) is 0. The molecule has 2 rings (SSSR count). The zero-order valence-electron chi connectivity index (χ0n) is 6.31. The number of hydrogen-bond donors (Lipinski definition) is 1. The summed E-state index contributed by atoms with van der Waals surface area (Å²) in [5, 5.41) is 8.35. The highest BCUT2D eigenvalue weighted by Gasteiger charge is 2.36. The third kappa shape index (κ3) is 1.46. The van der Waals surface area contributed by atoms with Gasteiger partial charge in [0.1, 0.15) is 12.2 Å². The molecule has 1 aliphatic carbocycles. The number of carbonyl (C=O) groups is 1. The van der Waals surface area contributed by atoms with Gasteiger partial charge >= 0.3 is 5.97 Å². The molecule has 0 bridgehead atoms. The van der Waals surface area contributed by atoms with Crippen LogP contribution < -0.4 is 0 Å². The van der Waals surface area contributed by atoms with Crippen LogP contribution in [0.15, 0.2) is 36.0 Å². The number of fused-ring (bicyclic) bond motifs is 1. The van der Waals surface area contributed by atoms with E-state index in [2.05, 4.69) is 0 Å². The average Bonchev–Trinajstić information content (AvgIpc) is 2.78. The zero-order valence-corrected chi connectivity index (χ0v) is 6.31. The predicted molar refractivity (Wildman–Crippen MR) is 42.7 cm³/mol. The van der Waals surface area contributed by atoms with Gasteiger partial charge in [0.15, 0.2) is 0 Å². The first kappa shape index (κ1) is 7.31. The third-order valence-electron chi connectivity index (χ3n) is 1.81. The van der Waals surface area contributed by atoms with Crippen LogP contribution in [0.1, 0.15) is 0 Å². The summed E-state index contributed by atoms with van der Waals surface area (Å²) in [5.41, 5.74) is 0.899. The number of carboxylic acids is 1. The Bertz CT molecular complexity index is 299. The Kier molecular flexibility index (Phi) is 1.59. The van der Waals surface area contributed by atoms with Gasteiger partial charge in [-0.3, -0.25) is 0 Å². The number of epoxide rings is 1. The van der Waals surface area contributed by atoms with E-state index >= 15 is 0 Å². The molecule has 0 aromatic rings. The van der Waals surface area contributed by atoms with E-state index in [4.69, 9.17) is 9.84 Å². The summed E-state index contributed by atoms with van der Waals surface area (Å²) in [7, 11) is 0. The quantitative estimate of drug-likeness (QED) is 0.487. The Morgan fingerprint density at radius 1 is 1.58 bits per heavy atom. The minimum Gasteiger partial charge on any atom is -0.478 e. The highest BCUT2D eigenvalue weighted by atomic mass is 16.6. The van der Waals surface area contributed by atoms with Crippen LogP contribution in [-0.4, -0.2) is 23.3 Å². The number of allylic oxidation sites excluding steroid dienone is 3. The second-order valence-corrected chi connectivity index (χ2v) is 2.76. The topological polar surface area (TPSA) is 49.8 Å². The second-order valence-electron chi connectivity index (χ2n) is 2.76. The highest BCUT2D eigenvalue weighted by molar-refractivity contribution is 5.80. The Labute approximate surface area is 69.6 Å². The number of rotatable bonds is 2. The van der Waals surface area contributed by atoms with Crippen molar-refractivity contribution in [3.05, 3.63) is 36.0 Å². The summed E-state index contributed by atoms with van der Waals surface area (Å²) in [6.07, 6.45) is 8.84. The lowest BCUT2D eigenvalue weighted by Gasteiger charge is -1.95. The van der Waals surface area contributed by atoms with E-state index in [1.807, 2.05) is 18.2 Å². The van der Waals surface area contributed by atoms with Gasteiger partial charge in [-0.1, -0.05) is 12.2 Å². The molecule has 0 saturated carbocycles. The van der Waals surface area contributed by atoms with E-state index in [9.17, 15) is 4.79 Å². The smallest absolute Gasteiger partial charge is 0.328 e. The van der Waals surface area contributed by atoms with Gasteiger partial charge in [0.05, 0.1) is 0 Å². The van der Waals surface area contributed by atoms with Crippen molar-refractivity contribution in [3.8, 4) is 0 Å². The molecule has 1 heterocycles. The molecule has 12 heavy (non-hydrogen) atoms. The summed E-state index contributed by atoms with van der Waals surface area (Å²) >= 11 is 0. The van der Waals surface area contributed by atoms with E-state index in [1.54, 1.807) is 6.08 Å². The lowest BCUT2D eigenvalue weighted by atomic mass is 10.1. The molecule has 1 aliphatic heterocycles. The second kappa shape index (κ2) is 2.60. The Morgan fingerprint density at radius 2 is 2.42 bits per heavy atom. The Balaban J connectivity index is 2.05. The predicted octanol–water partition coefficient (Wildman–Crippen LogP) is 0.891. The van der Waals surface area contributed by atoms with E-state index in [-0.39, 0.29) is 12.2 Å². The van der Waals surface area contributed by atoms with Gasteiger partial charge in [0.25, 0.3) is 0 Å². The molecule has 0 spiro atoms. The molecule has 2 atom stereocenters. The zero-order chi connectivity index (χ0) is 8.55. The lowest BCUT2D eigenvalue weighted by Crippen LogP contribution is -1.93. The number of carboxylic acid groups (broad SMARTS) is 1. The first-order valence-electron chi connectivity index (χ1n) is 3.72. The van der Waals surface area contributed by atoms with Gasteiger partial charge in [0.2, 0.25) is 0 Å². The average molecular weight is 164 g/mol. The molecular weight excluding hydrogens is 156 g/mol. The minimum atomic E-state index is -0.928. The molecule has 3 heteroatoms. The van der Waals surface area contributed by atoms with Gasteiger partial charge < -0.3 is 9.84 Å². The maximum atomic E-state index is 10.2. The molecule has 2 aliphatic rings. The van der Waals surface area contributed by atoms with Crippen LogP contribution in [0.2, 0.25) is 0 Å². The monoisotopic (exact) mass is 164 g/mol. The molecule has 0 amide bonds. The molecule has 3 nitrogen and oxygen atoms in total. The van der Waals surface area contributed by atoms with E-state index in [0.29, 0.717) is 0 Å². The van der Waals surface area contributed by atoms with Crippen molar-refractivity contribution in [1.29, 1.82) is 0 Å². The van der Waals surface area contributed by atoms with Crippen LogP contribution in [0.5, 0.6) is 0 Å². The van der Waals surface area contributed by atoms with Crippen molar-refractivity contribution >= 4 is 5.97 Å². The number of aliphatic carboxylic acids is 1. The fourth-order valence-corrected chi connectivity index (χ4v) is 1.15. The third-order valence-corrected chi connectivity index (χ3v) is 1.81. The van der Waals surface area contributed by atoms with Gasteiger partial charge in [-0.2, -0.15) is 0 Å². The van der Waals surface area contributed by atoms with Crippen LogP contribution in [-0.2, 0) is 9.53 Å². The highest BCUT2D eigenvalue weighted by Crippen LogP contribution is 2.30. The maximum Gasteiger partial charge on any atom is 0.328 e. The largest absolute Gasteiger partial charge is 0.478 e. The van der Waals surface area contributed by atoms with Crippen molar-refractivity contribution < 1.29 is 14.6 Å². The molecule has 2 unspecified atom stereocenters. The van der Waals surface area contributed by atoms with Crippen LogP contribution >= 0.6 is 0 Å². The summed E-state index contributed by atoms with van der Waals surface area (Å²) in [6, 6.07) is 0. The minimum absolute atomic E-state index is 0.184. The van der Waals surface area contributed by atoms with Crippen molar-refractivity contribution in [2.24, 2.45) is 0 Å². The first-order valence-corrected chi connectivity index (χ1v) is 3.72. The van der Waals surface area contributed by atoms with Crippen molar-refractivity contribution in [1.82, 2.24) is 0 Å². The van der Waals surface area contributed by atoms with Crippen molar-refractivity contribution in [2.75, 3.05) is 0 Å². The van der Waals surface area contributed by atoms with Crippen molar-refractivity contribution in [3.63, 3.8) is 0 Å².